The first-order valence-corrected chi connectivity index (χ1v) is 6.61. The third-order valence-electron chi connectivity index (χ3n) is 4.02. The minimum atomic E-state index is 0.159. The summed E-state index contributed by atoms with van der Waals surface area (Å²) in [5.74, 6) is 2.76. The highest BCUT2D eigenvalue weighted by Crippen LogP contribution is 2.54. The standard InChI is InChI=1S/C13H19N3O/c1-2-3-11-7-12(16-15-11)14-13(17)10-5-8-4-9(8)6-10/h7-10H,2-6H2,1H3,(H2,14,15,16,17). The van der Waals surface area contributed by atoms with Crippen molar-refractivity contribution in [2.75, 3.05) is 5.32 Å². The highest BCUT2D eigenvalue weighted by atomic mass is 16.2. The van der Waals surface area contributed by atoms with E-state index in [0.717, 1.165) is 43.2 Å². The van der Waals surface area contributed by atoms with E-state index in [4.69, 9.17) is 0 Å². The second-order valence-electron chi connectivity index (χ2n) is 5.44. The van der Waals surface area contributed by atoms with E-state index in [1.165, 1.54) is 6.42 Å². The molecule has 2 unspecified atom stereocenters. The van der Waals surface area contributed by atoms with Crippen molar-refractivity contribution < 1.29 is 4.79 Å². The van der Waals surface area contributed by atoms with E-state index in [0.29, 0.717) is 5.82 Å². The van der Waals surface area contributed by atoms with Crippen LogP contribution in [0.1, 0.15) is 38.3 Å². The summed E-state index contributed by atoms with van der Waals surface area (Å²) in [6.07, 6.45) is 5.59. The number of hydrogen-bond donors (Lipinski definition) is 2. The molecule has 2 atom stereocenters. The predicted octanol–water partition coefficient (Wildman–Crippen LogP) is 2.35. The van der Waals surface area contributed by atoms with Gasteiger partial charge in [0.05, 0.1) is 0 Å². The summed E-state index contributed by atoms with van der Waals surface area (Å²) in [6.45, 7) is 2.13. The lowest BCUT2D eigenvalue weighted by molar-refractivity contribution is -0.120. The number of hydrogen-bond acceptors (Lipinski definition) is 2. The molecule has 2 aliphatic carbocycles. The molecule has 1 amide bonds. The molecule has 0 saturated heterocycles. The van der Waals surface area contributed by atoms with Crippen LogP contribution < -0.4 is 5.32 Å². The lowest BCUT2D eigenvalue weighted by atomic mass is 10.0. The quantitative estimate of drug-likeness (QED) is 0.838. The fourth-order valence-electron chi connectivity index (χ4n) is 2.98. The topological polar surface area (TPSA) is 57.8 Å². The molecule has 0 radical (unpaired) electrons. The summed E-state index contributed by atoms with van der Waals surface area (Å²) in [4.78, 5) is 12.0. The third kappa shape index (κ3) is 2.21. The molecule has 2 aliphatic rings. The SMILES string of the molecule is CCCc1cc(NC(=O)C2CC3CC3C2)n[nH]1. The van der Waals surface area contributed by atoms with Crippen molar-refractivity contribution >= 4 is 11.7 Å². The molecule has 92 valence electrons. The van der Waals surface area contributed by atoms with Gasteiger partial charge in [-0.3, -0.25) is 9.89 Å². The molecule has 2 saturated carbocycles. The Morgan fingerprint density at radius 1 is 1.47 bits per heavy atom. The molecule has 2 fully saturated rings. The monoisotopic (exact) mass is 233 g/mol. The maximum absolute atomic E-state index is 12.0. The fourth-order valence-corrected chi connectivity index (χ4v) is 2.98. The van der Waals surface area contributed by atoms with Gasteiger partial charge in [0.25, 0.3) is 0 Å². The predicted molar refractivity (Wildman–Crippen MR) is 65.5 cm³/mol. The van der Waals surface area contributed by atoms with Crippen LogP contribution in [-0.4, -0.2) is 16.1 Å². The Hall–Kier alpha value is -1.32. The van der Waals surface area contributed by atoms with Gasteiger partial charge in [0, 0.05) is 17.7 Å². The number of amides is 1. The van der Waals surface area contributed by atoms with E-state index < -0.39 is 0 Å². The maximum atomic E-state index is 12.0. The van der Waals surface area contributed by atoms with Crippen LogP contribution in [0.3, 0.4) is 0 Å². The van der Waals surface area contributed by atoms with Gasteiger partial charge in [0.15, 0.2) is 5.82 Å². The van der Waals surface area contributed by atoms with Gasteiger partial charge in [-0.15, -0.1) is 0 Å². The number of aromatic amines is 1. The first-order chi connectivity index (χ1) is 8.26. The van der Waals surface area contributed by atoms with E-state index in [1.54, 1.807) is 0 Å². The average Bonchev–Trinajstić information content (AvgIpc) is 2.75. The molecule has 0 spiro atoms. The second-order valence-corrected chi connectivity index (χ2v) is 5.44. The van der Waals surface area contributed by atoms with E-state index in [1.807, 2.05) is 6.07 Å². The van der Waals surface area contributed by atoms with Gasteiger partial charge in [-0.05, 0) is 37.5 Å². The van der Waals surface area contributed by atoms with Crippen molar-refractivity contribution in [2.45, 2.75) is 39.0 Å². The van der Waals surface area contributed by atoms with Crippen LogP contribution in [0, 0.1) is 17.8 Å². The molecule has 17 heavy (non-hydrogen) atoms. The minimum absolute atomic E-state index is 0.159. The van der Waals surface area contributed by atoms with Crippen LogP contribution in [0.15, 0.2) is 6.07 Å². The largest absolute Gasteiger partial charge is 0.309 e. The van der Waals surface area contributed by atoms with Gasteiger partial charge in [-0.1, -0.05) is 13.3 Å². The summed E-state index contributed by atoms with van der Waals surface area (Å²) in [7, 11) is 0. The molecule has 1 aromatic heterocycles. The summed E-state index contributed by atoms with van der Waals surface area (Å²) >= 11 is 0. The Morgan fingerprint density at radius 2 is 2.24 bits per heavy atom. The molecule has 0 aliphatic heterocycles. The Bertz CT molecular complexity index is 416. The zero-order chi connectivity index (χ0) is 11.8. The number of nitrogens with one attached hydrogen (secondary N) is 2. The van der Waals surface area contributed by atoms with Gasteiger partial charge in [-0.2, -0.15) is 5.10 Å². The van der Waals surface area contributed by atoms with E-state index in [2.05, 4.69) is 22.4 Å². The normalized spacial score (nSPS) is 30.1. The maximum Gasteiger partial charge on any atom is 0.228 e. The third-order valence-corrected chi connectivity index (χ3v) is 4.02. The number of aryl methyl sites for hydroxylation is 1. The van der Waals surface area contributed by atoms with Crippen molar-refractivity contribution in [3.63, 3.8) is 0 Å². The van der Waals surface area contributed by atoms with Gasteiger partial charge >= 0.3 is 0 Å². The molecule has 3 rings (SSSR count). The van der Waals surface area contributed by atoms with E-state index >= 15 is 0 Å². The van der Waals surface area contributed by atoms with Crippen LogP contribution in [0.5, 0.6) is 0 Å². The van der Waals surface area contributed by atoms with Crippen molar-refractivity contribution in [3.05, 3.63) is 11.8 Å². The number of carbonyl (C=O) groups excluding carboxylic acids is 1. The Kier molecular flexibility index (Phi) is 2.65. The molecule has 0 bridgehead atoms. The van der Waals surface area contributed by atoms with Gasteiger partial charge < -0.3 is 5.32 Å². The number of nitrogens with zero attached hydrogens (tertiary/aromatic N) is 1. The zero-order valence-electron chi connectivity index (χ0n) is 10.2. The van der Waals surface area contributed by atoms with Crippen LogP contribution in [0.4, 0.5) is 5.82 Å². The summed E-state index contributed by atoms with van der Waals surface area (Å²) in [5.41, 5.74) is 1.09. The van der Waals surface area contributed by atoms with Gasteiger partial charge in [0.1, 0.15) is 0 Å². The van der Waals surface area contributed by atoms with Crippen molar-refractivity contribution in [2.24, 2.45) is 17.8 Å². The van der Waals surface area contributed by atoms with Crippen LogP contribution in [-0.2, 0) is 11.2 Å². The molecule has 1 heterocycles. The molecular weight excluding hydrogens is 214 g/mol. The van der Waals surface area contributed by atoms with Crippen LogP contribution in [0.2, 0.25) is 0 Å². The highest BCUT2D eigenvalue weighted by molar-refractivity contribution is 5.92. The lowest BCUT2D eigenvalue weighted by Gasteiger charge is -2.10. The average molecular weight is 233 g/mol. The van der Waals surface area contributed by atoms with Gasteiger partial charge in [-0.25, -0.2) is 0 Å². The molecular formula is C13H19N3O. The minimum Gasteiger partial charge on any atom is -0.309 e. The lowest BCUT2D eigenvalue weighted by Crippen LogP contribution is -2.21. The first-order valence-electron chi connectivity index (χ1n) is 6.61. The van der Waals surface area contributed by atoms with Crippen molar-refractivity contribution in [1.29, 1.82) is 0 Å². The second kappa shape index (κ2) is 4.17. The van der Waals surface area contributed by atoms with Crippen LogP contribution in [0.25, 0.3) is 0 Å². The summed E-state index contributed by atoms with van der Waals surface area (Å²) < 4.78 is 0. The smallest absolute Gasteiger partial charge is 0.228 e. The zero-order valence-corrected chi connectivity index (χ0v) is 10.2. The molecule has 4 nitrogen and oxygen atoms in total. The summed E-state index contributed by atoms with van der Waals surface area (Å²) in [6, 6.07) is 1.94. The Balaban J connectivity index is 1.56. The van der Waals surface area contributed by atoms with Crippen LogP contribution >= 0.6 is 0 Å². The van der Waals surface area contributed by atoms with E-state index in [9.17, 15) is 4.79 Å². The molecule has 1 aromatic rings. The number of rotatable bonds is 4. The number of carbonyl (C=O) groups is 1. The number of fused-ring (bicyclic) bond motifs is 1. The highest BCUT2D eigenvalue weighted by Gasteiger charge is 2.48. The Morgan fingerprint density at radius 3 is 2.94 bits per heavy atom. The first kappa shape index (κ1) is 10.8. The Labute approximate surface area is 101 Å². The van der Waals surface area contributed by atoms with E-state index in [-0.39, 0.29) is 11.8 Å². The van der Waals surface area contributed by atoms with Crippen molar-refractivity contribution in [3.8, 4) is 0 Å². The summed E-state index contributed by atoms with van der Waals surface area (Å²) in [5, 5.41) is 10.00. The number of aromatic nitrogens is 2. The number of anilines is 1. The van der Waals surface area contributed by atoms with Crippen molar-refractivity contribution in [1.82, 2.24) is 10.2 Å². The molecule has 4 heteroatoms. The fraction of sp³-hybridized carbons (Fsp3) is 0.692. The molecule has 0 aromatic carbocycles. The number of H-pyrrole nitrogens is 1. The molecule has 2 N–H and O–H groups in total. The van der Waals surface area contributed by atoms with Gasteiger partial charge in [0.2, 0.25) is 5.91 Å².